The van der Waals surface area contributed by atoms with Crippen molar-refractivity contribution in [2.45, 2.75) is 58.3 Å². The summed E-state index contributed by atoms with van der Waals surface area (Å²) in [4.78, 5) is 7.41. The van der Waals surface area contributed by atoms with Gasteiger partial charge in [-0.05, 0) is 50.0 Å². The van der Waals surface area contributed by atoms with Crippen LogP contribution < -0.4 is 5.32 Å². The zero-order valence-electron chi connectivity index (χ0n) is 15.4. The van der Waals surface area contributed by atoms with E-state index in [0.29, 0.717) is 5.41 Å². The van der Waals surface area contributed by atoms with Crippen LogP contribution in [0.3, 0.4) is 0 Å². The predicted octanol–water partition coefficient (Wildman–Crippen LogP) is 2.97. The smallest absolute Gasteiger partial charge is 0.193 e. The third-order valence-corrected chi connectivity index (χ3v) is 5.63. The van der Waals surface area contributed by atoms with E-state index in [1.807, 2.05) is 17.9 Å². The summed E-state index contributed by atoms with van der Waals surface area (Å²) in [5.74, 6) is 1.13. The van der Waals surface area contributed by atoms with Crippen LogP contribution in [-0.4, -0.2) is 46.8 Å². The first kappa shape index (κ1) is 17.3. The van der Waals surface area contributed by atoms with E-state index in [1.165, 1.54) is 57.2 Å². The fourth-order valence-corrected chi connectivity index (χ4v) is 4.32. The van der Waals surface area contributed by atoms with Gasteiger partial charge in [-0.3, -0.25) is 9.67 Å². The van der Waals surface area contributed by atoms with Gasteiger partial charge in [-0.25, -0.2) is 0 Å². The van der Waals surface area contributed by atoms with Gasteiger partial charge in [0.1, 0.15) is 0 Å². The molecule has 2 heterocycles. The summed E-state index contributed by atoms with van der Waals surface area (Å²) in [7, 11) is 1.97. The Morgan fingerprint density at radius 3 is 2.83 bits per heavy atom. The Morgan fingerprint density at radius 1 is 1.29 bits per heavy atom. The van der Waals surface area contributed by atoms with E-state index >= 15 is 0 Å². The fourth-order valence-electron chi connectivity index (χ4n) is 4.32. The minimum absolute atomic E-state index is 0.587. The average Bonchev–Trinajstić information content (AvgIpc) is 3.18. The summed E-state index contributed by atoms with van der Waals surface area (Å²) >= 11 is 0. The summed E-state index contributed by atoms with van der Waals surface area (Å²) in [5.41, 5.74) is 1.89. The van der Waals surface area contributed by atoms with E-state index in [-0.39, 0.29) is 0 Å². The largest absolute Gasteiger partial charge is 0.357 e. The van der Waals surface area contributed by atoms with Crippen molar-refractivity contribution in [3.8, 4) is 0 Å². The maximum absolute atomic E-state index is 4.90. The second-order valence-corrected chi connectivity index (χ2v) is 7.59. The molecule has 2 aliphatic rings. The maximum Gasteiger partial charge on any atom is 0.193 e. The maximum atomic E-state index is 4.90. The normalized spacial score (nSPS) is 20.8. The highest BCUT2D eigenvalue weighted by atomic mass is 15.3. The number of nitrogens with zero attached hydrogens (tertiary/aromatic N) is 4. The molecular weight excluding hydrogens is 298 g/mol. The molecule has 24 heavy (non-hydrogen) atoms. The zero-order valence-corrected chi connectivity index (χ0v) is 15.4. The molecule has 5 nitrogen and oxygen atoms in total. The molecule has 0 unspecified atom stereocenters. The van der Waals surface area contributed by atoms with Crippen molar-refractivity contribution < 1.29 is 0 Å². The second-order valence-electron chi connectivity index (χ2n) is 7.59. The van der Waals surface area contributed by atoms with Gasteiger partial charge in [0.2, 0.25) is 0 Å². The van der Waals surface area contributed by atoms with Crippen LogP contribution in [0.4, 0.5) is 0 Å². The Bertz CT molecular complexity index is 542. The van der Waals surface area contributed by atoms with Crippen molar-refractivity contribution in [3.63, 3.8) is 0 Å². The molecule has 1 aliphatic heterocycles. The van der Waals surface area contributed by atoms with Gasteiger partial charge < -0.3 is 10.2 Å². The lowest BCUT2D eigenvalue weighted by atomic mass is 9.73. The number of rotatable bonds is 5. The van der Waals surface area contributed by atoms with Gasteiger partial charge in [-0.15, -0.1) is 0 Å². The van der Waals surface area contributed by atoms with Crippen molar-refractivity contribution in [2.24, 2.45) is 17.5 Å². The number of nitrogens with one attached hydrogen (secondary N) is 1. The monoisotopic (exact) mass is 331 g/mol. The highest BCUT2D eigenvalue weighted by Crippen LogP contribution is 2.43. The van der Waals surface area contributed by atoms with Crippen LogP contribution in [0, 0.1) is 5.41 Å². The molecule has 5 heteroatoms. The molecule has 1 aromatic heterocycles. The first-order valence-corrected chi connectivity index (χ1v) is 9.72. The van der Waals surface area contributed by atoms with E-state index in [2.05, 4.69) is 28.4 Å². The molecule has 0 aromatic carbocycles. The Morgan fingerprint density at radius 2 is 2.12 bits per heavy atom. The van der Waals surface area contributed by atoms with E-state index in [1.54, 1.807) is 0 Å². The van der Waals surface area contributed by atoms with Crippen molar-refractivity contribution in [1.29, 1.82) is 0 Å². The molecule has 0 bridgehead atoms. The molecule has 3 rings (SSSR count). The highest BCUT2D eigenvalue weighted by Gasteiger charge is 2.39. The van der Waals surface area contributed by atoms with E-state index in [9.17, 15) is 0 Å². The van der Waals surface area contributed by atoms with E-state index < -0.39 is 0 Å². The lowest BCUT2D eigenvalue weighted by molar-refractivity contribution is 0.203. The number of aliphatic imine (C=N–C) groups is 1. The molecule has 0 radical (unpaired) electrons. The van der Waals surface area contributed by atoms with Crippen LogP contribution in [0.2, 0.25) is 0 Å². The number of likely N-dealkylation sites (tertiary alicyclic amines) is 1. The SMILES string of the molecule is CCNC(=NCCCc1cnn(C)c1)N1CCC2(CCCCC2)C1. The minimum atomic E-state index is 0.587. The Hall–Kier alpha value is -1.52. The number of aromatic nitrogens is 2. The van der Waals surface area contributed by atoms with Crippen LogP contribution in [-0.2, 0) is 13.5 Å². The van der Waals surface area contributed by atoms with Crippen LogP contribution in [0.15, 0.2) is 17.4 Å². The molecule has 134 valence electrons. The Balaban J connectivity index is 1.52. The van der Waals surface area contributed by atoms with Gasteiger partial charge >= 0.3 is 0 Å². The Kier molecular flexibility index (Phi) is 5.80. The lowest BCUT2D eigenvalue weighted by Crippen LogP contribution is -2.41. The molecule has 1 aliphatic carbocycles. The van der Waals surface area contributed by atoms with Gasteiger partial charge in [-0.1, -0.05) is 19.3 Å². The molecule has 1 spiro atoms. The van der Waals surface area contributed by atoms with Gasteiger partial charge in [0.05, 0.1) is 6.20 Å². The average molecular weight is 332 g/mol. The van der Waals surface area contributed by atoms with Gasteiger partial charge in [0.25, 0.3) is 0 Å². The van der Waals surface area contributed by atoms with Crippen LogP contribution >= 0.6 is 0 Å². The van der Waals surface area contributed by atoms with Crippen molar-refractivity contribution >= 4 is 5.96 Å². The molecule has 0 amide bonds. The quantitative estimate of drug-likeness (QED) is 0.512. The number of guanidine groups is 1. The molecule has 1 N–H and O–H groups in total. The molecule has 0 atom stereocenters. The summed E-state index contributed by atoms with van der Waals surface area (Å²) in [5, 5.41) is 7.74. The van der Waals surface area contributed by atoms with E-state index in [4.69, 9.17) is 4.99 Å². The van der Waals surface area contributed by atoms with Crippen molar-refractivity contribution in [3.05, 3.63) is 18.0 Å². The van der Waals surface area contributed by atoms with Gasteiger partial charge in [0, 0.05) is 39.4 Å². The van der Waals surface area contributed by atoms with Crippen molar-refractivity contribution in [1.82, 2.24) is 20.0 Å². The molecule has 1 saturated heterocycles. The second kappa shape index (κ2) is 8.04. The first-order valence-electron chi connectivity index (χ1n) is 9.72. The van der Waals surface area contributed by atoms with Crippen LogP contribution in [0.5, 0.6) is 0 Å². The van der Waals surface area contributed by atoms with Gasteiger partial charge in [-0.2, -0.15) is 5.10 Å². The van der Waals surface area contributed by atoms with E-state index in [0.717, 1.165) is 31.9 Å². The number of hydrogen-bond donors (Lipinski definition) is 1. The molecule has 2 fully saturated rings. The van der Waals surface area contributed by atoms with Gasteiger partial charge in [0.15, 0.2) is 5.96 Å². The summed E-state index contributed by atoms with van der Waals surface area (Å²) in [6, 6.07) is 0. The molecule has 1 saturated carbocycles. The number of aryl methyl sites for hydroxylation is 2. The third kappa shape index (κ3) is 4.31. The predicted molar refractivity (Wildman–Crippen MR) is 99.2 cm³/mol. The summed E-state index contributed by atoms with van der Waals surface area (Å²) in [6.07, 6.45) is 14.7. The third-order valence-electron chi connectivity index (χ3n) is 5.63. The van der Waals surface area contributed by atoms with Crippen LogP contribution in [0.25, 0.3) is 0 Å². The molecular formula is C19H33N5. The standard InChI is InChI=1S/C19H33N5/c1-3-20-18(21-12-7-8-17-14-22-23(2)15-17)24-13-11-19(16-24)9-5-4-6-10-19/h14-15H,3-13,16H2,1-2H3,(H,20,21). The fraction of sp³-hybridized carbons (Fsp3) is 0.789. The number of hydrogen-bond acceptors (Lipinski definition) is 2. The highest BCUT2D eigenvalue weighted by molar-refractivity contribution is 5.80. The topological polar surface area (TPSA) is 45.5 Å². The first-order chi connectivity index (χ1) is 11.7. The zero-order chi connectivity index (χ0) is 16.8. The van der Waals surface area contributed by atoms with Crippen molar-refractivity contribution in [2.75, 3.05) is 26.2 Å². The Labute approximate surface area is 146 Å². The summed E-state index contributed by atoms with van der Waals surface area (Å²) < 4.78 is 1.87. The summed E-state index contributed by atoms with van der Waals surface area (Å²) in [6.45, 7) is 6.39. The lowest BCUT2D eigenvalue weighted by Gasteiger charge is -2.33. The molecule has 1 aromatic rings. The minimum Gasteiger partial charge on any atom is -0.357 e. The van der Waals surface area contributed by atoms with Crippen LogP contribution in [0.1, 0.15) is 57.4 Å².